The Hall–Kier alpha value is -0.460. The first-order valence-electron chi connectivity index (χ1n) is 9.09. The number of carbonyl (C=O) groups excluding carboxylic acids is 1. The second-order valence-corrected chi connectivity index (χ2v) is 7.44. The number of carbonyl (C=O) groups is 1. The first-order chi connectivity index (χ1) is 11.5. The van der Waals surface area contributed by atoms with E-state index in [4.69, 9.17) is 15.0 Å². The molecular formula is C16H34NO6P. The number of hydrogen-bond acceptors (Lipinski definition) is 4. The van der Waals surface area contributed by atoms with Gasteiger partial charge in [0.25, 0.3) is 0 Å². The van der Waals surface area contributed by atoms with E-state index in [1.807, 2.05) is 0 Å². The number of phosphoric ester groups is 1. The molecule has 0 aromatic carbocycles. The summed E-state index contributed by atoms with van der Waals surface area (Å²) in [6.07, 6.45) is 14.8. The molecule has 0 aliphatic rings. The number of hydrogen-bond donors (Lipinski definition) is 4. The van der Waals surface area contributed by atoms with Crippen molar-refractivity contribution >= 4 is 13.7 Å². The molecule has 0 radical (unpaired) electrons. The largest absolute Gasteiger partial charge is 0.469 e. The SMILES string of the molecule is O=C(CCCCCCCCCCCCCCCOP(=O)(O)O)NO. The third-order valence-corrected chi connectivity index (χ3v) is 4.45. The Bertz CT molecular complexity index is 347. The van der Waals surface area contributed by atoms with E-state index in [9.17, 15) is 9.36 Å². The van der Waals surface area contributed by atoms with Gasteiger partial charge in [-0.05, 0) is 12.8 Å². The van der Waals surface area contributed by atoms with E-state index in [-0.39, 0.29) is 12.5 Å². The van der Waals surface area contributed by atoms with Gasteiger partial charge in [0, 0.05) is 6.42 Å². The predicted molar refractivity (Wildman–Crippen MR) is 92.6 cm³/mol. The molecule has 0 heterocycles. The molecule has 0 aliphatic carbocycles. The molecule has 8 heteroatoms. The maximum Gasteiger partial charge on any atom is 0.469 e. The van der Waals surface area contributed by atoms with E-state index >= 15 is 0 Å². The monoisotopic (exact) mass is 367 g/mol. The molecule has 1 amide bonds. The number of rotatable bonds is 17. The van der Waals surface area contributed by atoms with Crippen molar-refractivity contribution < 1.29 is 28.9 Å². The van der Waals surface area contributed by atoms with Gasteiger partial charge in [-0.3, -0.25) is 14.5 Å². The van der Waals surface area contributed by atoms with E-state index in [2.05, 4.69) is 4.52 Å². The molecule has 0 saturated heterocycles. The fourth-order valence-electron chi connectivity index (χ4n) is 2.57. The fourth-order valence-corrected chi connectivity index (χ4v) is 2.94. The molecule has 0 aliphatic heterocycles. The van der Waals surface area contributed by atoms with Crippen LogP contribution in [0.3, 0.4) is 0 Å². The zero-order chi connectivity index (χ0) is 18.1. The van der Waals surface area contributed by atoms with E-state index < -0.39 is 7.82 Å². The summed E-state index contributed by atoms with van der Waals surface area (Å²) in [7, 11) is -4.29. The second-order valence-electron chi connectivity index (χ2n) is 6.20. The lowest BCUT2D eigenvalue weighted by Gasteiger charge is -2.05. The van der Waals surface area contributed by atoms with Crippen molar-refractivity contribution in [2.24, 2.45) is 0 Å². The molecule has 24 heavy (non-hydrogen) atoms. The van der Waals surface area contributed by atoms with Crippen LogP contribution in [0.1, 0.15) is 89.9 Å². The van der Waals surface area contributed by atoms with Gasteiger partial charge < -0.3 is 9.79 Å². The van der Waals surface area contributed by atoms with Crippen molar-refractivity contribution in [2.75, 3.05) is 6.61 Å². The van der Waals surface area contributed by atoms with Crippen molar-refractivity contribution in [2.45, 2.75) is 89.9 Å². The van der Waals surface area contributed by atoms with Crippen LogP contribution in [0.25, 0.3) is 0 Å². The molecule has 4 N–H and O–H groups in total. The van der Waals surface area contributed by atoms with E-state index in [0.717, 1.165) is 32.1 Å². The quantitative estimate of drug-likeness (QED) is 0.133. The lowest BCUT2D eigenvalue weighted by Crippen LogP contribution is -2.17. The van der Waals surface area contributed by atoms with Gasteiger partial charge in [-0.2, -0.15) is 0 Å². The number of phosphoric acid groups is 1. The van der Waals surface area contributed by atoms with Crippen molar-refractivity contribution in [1.82, 2.24) is 5.48 Å². The Labute approximate surface area is 145 Å². The van der Waals surface area contributed by atoms with Crippen LogP contribution in [0.2, 0.25) is 0 Å². The van der Waals surface area contributed by atoms with Crippen LogP contribution in [0.5, 0.6) is 0 Å². The fraction of sp³-hybridized carbons (Fsp3) is 0.938. The molecule has 0 saturated carbocycles. The van der Waals surface area contributed by atoms with E-state index in [1.165, 1.54) is 44.9 Å². The molecule has 0 aromatic rings. The average Bonchev–Trinajstić information content (AvgIpc) is 2.53. The van der Waals surface area contributed by atoms with Crippen LogP contribution >= 0.6 is 7.82 Å². The van der Waals surface area contributed by atoms with Crippen LogP contribution in [0.4, 0.5) is 0 Å². The van der Waals surface area contributed by atoms with Gasteiger partial charge in [0.2, 0.25) is 5.91 Å². The van der Waals surface area contributed by atoms with Crippen LogP contribution in [-0.2, 0) is 13.9 Å². The van der Waals surface area contributed by atoms with Crippen LogP contribution < -0.4 is 5.48 Å². The first kappa shape index (κ1) is 23.5. The zero-order valence-electron chi connectivity index (χ0n) is 14.6. The number of hydroxylamine groups is 1. The highest BCUT2D eigenvalue weighted by atomic mass is 31.2. The van der Waals surface area contributed by atoms with Crippen molar-refractivity contribution in [3.05, 3.63) is 0 Å². The molecule has 0 atom stereocenters. The third-order valence-electron chi connectivity index (χ3n) is 3.93. The molecule has 0 fully saturated rings. The Morgan fingerprint density at radius 3 is 1.50 bits per heavy atom. The molecule has 0 spiro atoms. The summed E-state index contributed by atoms with van der Waals surface area (Å²) < 4.78 is 14.8. The lowest BCUT2D eigenvalue weighted by atomic mass is 10.0. The standard InChI is InChI=1S/C16H34NO6P/c18-16(17-19)14-12-10-8-6-4-2-1-3-5-7-9-11-13-15-23-24(20,21)22/h19H,1-15H2,(H,17,18)(H2,20,21,22). The second kappa shape index (κ2) is 16.0. The van der Waals surface area contributed by atoms with E-state index in [0.29, 0.717) is 12.8 Å². The molecule has 0 rings (SSSR count). The Balaban J connectivity index is 3.08. The van der Waals surface area contributed by atoms with Crippen LogP contribution in [0.15, 0.2) is 0 Å². The minimum Gasteiger partial charge on any atom is -0.303 e. The molecular weight excluding hydrogens is 333 g/mol. The summed E-state index contributed by atoms with van der Waals surface area (Å²) >= 11 is 0. The van der Waals surface area contributed by atoms with E-state index in [1.54, 1.807) is 5.48 Å². The summed E-state index contributed by atoms with van der Waals surface area (Å²) in [5.74, 6) is -0.302. The maximum absolute atomic E-state index is 10.8. The maximum atomic E-state index is 10.8. The average molecular weight is 367 g/mol. The summed E-state index contributed by atoms with van der Waals surface area (Å²) in [6.45, 7) is 0.134. The molecule has 144 valence electrons. The number of amides is 1. The van der Waals surface area contributed by atoms with Gasteiger partial charge in [-0.15, -0.1) is 0 Å². The highest BCUT2D eigenvalue weighted by molar-refractivity contribution is 7.46. The van der Waals surface area contributed by atoms with Crippen molar-refractivity contribution in [3.8, 4) is 0 Å². The van der Waals surface area contributed by atoms with Gasteiger partial charge in [0.15, 0.2) is 0 Å². The smallest absolute Gasteiger partial charge is 0.303 e. The van der Waals surface area contributed by atoms with Gasteiger partial charge in [-0.1, -0.05) is 70.6 Å². The highest BCUT2D eigenvalue weighted by Crippen LogP contribution is 2.35. The summed E-state index contributed by atoms with van der Waals surface area (Å²) in [5.41, 5.74) is 1.64. The topological polar surface area (TPSA) is 116 Å². The van der Waals surface area contributed by atoms with Crippen LogP contribution in [0, 0.1) is 0 Å². The third kappa shape index (κ3) is 19.6. The van der Waals surface area contributed by atoms with Crippen LogP contribution in [-0.4, -0.2) is 27.5 Å². The van der Waals surface area contributed by atoms with Gasteiger partial charge in [-0.25, -0.2) is 10.0 Å². The first-order valence-corrected chi connectivity index (χ1v) is 10.6. The van der Waals surface area contributed by atoms with Gasteiger partial charge in [0.1, 0.15) is 0 Å². The van der Waals surface area contributed by atoms with Gasteiger partial charge in [0.05, 0.1) is 6.61 Å². The van der Waals surface area contributed by atoms with Crippen molar-refractivity contribution in [3.63, 3.8) is 0 Å². The zero-order valence-corrected chi connectivity index (χ0v) is 15.5. The van der Waals surface area contributed by atoms with Gasteiger partial charge >= 0.3 is 7.82 Å². The summed E-state index contributed by atoms with van der Waals surface area (Å²) in [5, 5.41) is 8.35. The Morgan fingerprint density at radius 1 is 0.750 bits per heavy atom. The molecule has 0 bridgehead atoms. The highest BCUT2D eigenvalue weighted by Gasteiger charge is 2.12. The van der Waals surface area contributed by atoms with Crippen molar-refractivity contribution in [1.29, 1.82) is 0 Å². The minimum absolute atomic E-state index is 0.134. The molecule has 0 aromatic heterocycles. The summed E-state index contributed by atoms with van der Waals surface area (Å²) in [4.78, 5) is 27.8. The minimum atomic E-state index is -4.29. The normalized spacial score (nSPS) is 11.6. The number of nitrogens with one attached hydrogen (secondary N) is 1. The molecule has 0 unspecified atom stereocenters. The molecule has 7 nitrogen and oxygen atoms in total. The Kier molecular flexibility index (Phi) is 15.7. The number of unbranched alkanes of at least 4 members (excludes halogenated alkanes) is 12. The Morgan fingerprint density at radius 2 is 1.12 bits per heavy atom. The predicted octanol–water partition coefficient (Wildman–Crippen LogP) is 4.06. The lowest BCUT2D eigenvalue weighted by molar-refractivity contribution is -0.129. The summed E-state index contributed by atoms with van der Waals surface area (Å²) in [6, 6.07) is 0.